The maximum absolute atomic E-state index is 5.50. The summed E-state index contributed by atoms with van der Waals surface area (Å²) in [5.74, 6) is 1.99. The van der Waals surface area contributed by atoms with Crippen LogP contribution in [0, 0.1) is 0 Å². The van der Waals surface area contributed by atoms with Crippen molar-refractivity contribution >= 4 is 28.6 Å². The van der Waals surface area contributed by atoms with E-state index in [4.69, 9.17) is 4.74 Å². The molecule has 0 aliphatic rings. The summed E-state index contributed by atoms with van der Waals surface area (Å²) < 4.78 is 5.50. The second-order valence-electron chi connectivity index (χ2n) is 4.33. The van der Waals surface area contributed by atoms with Crippen molar-refractivity contribution in [2.75, 3.05) is 24.3 Å². The van der Waals surface area contributed by atoms with E-state index in [1.165, 1.54) is 0 Å². The molecule has 3 rings (SSSR count). The standard InChI is InChI=1S/C14H16N6O/c1-3-21-10-6-4-5-9(7-10)18-13-11-12(17-8-16-11)19-14(15-2)20-13/h4-8H,3H2,1-2H3,(H3,15,16,17,18,19,20). The molecule has 0 unspecified atom stereocenters. The van der Waals surface area contributed by atoms with Crippen LogP contribution in [0.25, 0.3) is 11.2 Å². The Labute approximate surface area is 121 Å². The monoisotopic (exact) mass is 284 g/mol. The quantitative estimate of drug-likeness (QED) is 0.667. The highest BCUT2D eigenvalue weighted by Crippen LogP contribution is 2.25. The van der Waals surface area contributed by atoms with Crippen molar-refractivity contribution in [2.24, 2.45) is 0 Å². The summed E-state index contributed by atoms with van der Waals surface area (Å²) in [7, 11) is 1.77. The van der Waals surface area contributed by atoms with Gasteiger partial charge in [-0.2, -0.15) is 9.97 Å². The van der Waals surface area contributed by atoms with E-state index in [0.717, 1.165) is 17.0 Å². The van der Waals surface area contributed by atoms with Crippen LogP contribution in [0.5, 0.6) is 5.75 Å². The number of rotatable bonds is 5. The molecule has 0 amide bonds. The SMILES string of the molecule is CCOc1cccc(Nc2nc(NC)nc3nc[nH]c23)c1. The van der Waals surface area contributed by atoms with Crippen LogP contribution in [-0.2, 0) is 0 Å². The molecule has 2 heterocycles. The third-order valence-electron chi connectivity index (χ3n) is 2.92. The molecule has 0 bridgehead atoms. The summed E-state index contributed by atoms with van der Waals surface area (Å²) >= 11 is 0. The molecule has 3 N–H and O–H groups in total. The Morgan fingerprint density at radius 1 is 1.29 bits per heavy atom. The average Bonchev–Trinajstić information content (AvgIpc) is 2.96. The van der Waals surface area contributed by atoms with E-state index in [9.17, 15) is 0 Å². The maximum atomic E-state index is 5.50. The lowest BCUT2D eigenvalue weighted by Crippen LogP contribution is -2.02. The Balaban J connectivity index is 1.97. The second kappa shape index (κ2) is 5.66. The lowest BCUT2D eigenvalue weighted by atomic mass is 10.3. The molecule has 1 aromatic carbocycles. The zero-order valence-corrected chi connectivity index (χ0v) is 11.8. The first kappa shape index (κ1) is 13.2. The van der Waals surface area contributed by atoms with E-state index in [1.54, 1.807) is 13.4 Å². The van der Waals surface area contributed by atoms with Crippen LogP contribution in [0.1, 0.15) is 6.92 Å². The normalized spacial score (nSPS) is 10.6. The van der Waals surface area contributed by atoms with Gasteiger partial charge in [0.1, 0.15) is 11.3 Å². The number of fused-ring (bicyclic) bond motifs is 1. The van der Waals surface area contributed by atoms with Crippen molar-refractivity contribution in [1.82, 2.24) is 19.9 Å². The van der Waals surface area contributed by atoms with Crippen molar-refractivity contribution in [3.8, 4) is 5.75 Å². The Hall–Kier alpha value is -2.83. The number of anilines is 3. The number of ether oxygens (including phenoxy) is 1. The summed E-state index contributed by atoms with van der Waals surface area (Å²) in [5.41, 5.74) is 2.26. The highest BCUT2D eigenvalue weighted by molar-refractivity contribution is 5.86. The fourth-order valence-electron chi connectivity index (χ4n) is 2.00. The Kier molecular flexibility index (Phi) is 3.55. The summed E-state index contributed by atoms with van der Waals surface area (Å²) in [6, 6.07) is 7.72. The first-order valence-corrected chi connectivity index (χ1v) is 6.69. The van der Waals surface area contributed by atoms with Crippen LogP contribution in [0.4, 0.5) is 17.5 Å². The van der Waals surface area contributed by atoms with Gasteiger partial charge in [-0.3, -0.25) is 0 Å². The number of nitrogens with zero attached hydrogens (tertiary/aromatic N) is 3. The Bertz CT molecular complexity index is 754. The molecule has 0 atom stereocenters. The Morgan fingerprint density at radius 2 is 2.19 bits per heavy atom. The number of benzene rings is 1. The molecule has 0 saturated heterocycles. The van der Waals surface area contributed by atoms with Crippen LogP contribution in [0.15, 0.2) is 30.6 Å². The average molecular weight is 284 g/mol. The first-order chi connectivity index (χ1) is 10.3. The zero-order valence-electron chi connectivity index (χ0n) is 11.8. The molecule has 0 spiro atoms. The lowest BCUT2D eigenvalue weighted by Gasteiger charge is -2.09. The van der Waals surface area contributed by atoms with Gasteiger partial charge in [-0.25, -0.2) is 4.98 Å². The number of hydrogen-bond acceptors (Lipinski definition) is 6. The number of H-pyrrole nitrogens is 1. The highest BCUT2D eigenvalue weighted by atomic mass is 16.5. The smallest absolute Gasteiger partial charge is 0.226 e. The van der Waals surface area contributed by atoms with Crippen molar-refractivity contribution in [1.29, 1.82) is 0 Å². The highest BCUT2D eigenvalue weighted by Gasteiger charge is 2.09. The minimum atomic E-state index is 0.512. The molecular formula is C14H16N6O. The summed E-state index contributed by atoms with van der Waals surface area (Å²) in [6.45, 7) is 2.59. The molecule has 0 aliphatic carbocycles. The third kappa shape index (κ3) is 2.71. The summed E-state index contributed by atoms with van der Waals surface area (Å²) in [5, 5.41) is 6.19. The molecule has 108 valence electrons. The lowest BCUT2D eigenvalue weighted by molar-refractivity contribution is 0.340. The van der Waals surface area contributed by atoms with Crippen LogP contribution in [0.2, 0.25) is 0 Å². The third-order valence-corrected chi connectivity index (χ3v) is 2.92. The molecule has 21 heavy (non-hydrogen) atoms. The van der Waals surface area contributed by atoms with Crippen molar-refractivity contribution in [3.63, 3.8) is 0 Å². The van der Waals surface area contributed by atoms with Crippen LogP contribution >= 0.6 is 0 Å². The number of hydrogen-bond donors (Lipinski definition) is 3. The largest absolute Gasteiger partial charge is 0.494 e. The maximum Gasteiger partial charge on any atom is 0.226 e. The van der Waals surface area contributed by atoms with Gasteiger partial charge < -0.3 is 20.4 Å². The predicted octanol–water partition coefficient (Wildman–Crippen LogP) is 2.54. The molecule has 7 nitrogen and oxygen atoms in total. The molecule has 0 aliphatic heterocycles. The number of aromatic amines is 1. The van der Waals surface area contributed by atoms with Crippen LogP contribution < -0.4 is 15.4 Å². The van der Waals surface area contributed by atoms with Crippen molar-refractivity contribution in [3.05, 3.63) is 30.6 Å². The minimum Gasteiger partial charge on any atom is -0.494 e. The number of aromatic nitrogens is 4. The molecule has 0 fully saturated rings. The van der Waals surface area contributed by atoms with Crippen molar-refractivity contribution < 1.29 is 4.74 Å². The van der Waals surface area contributed by atoms with E-state index in [2.05, 4.69) is 30.6 Å². The van der Waals surface area contributed by atoms with Crippen LogP contribution in [0.3, 0.4) is 0 Å². The molecule has 2 aromatic heterocycles. The molecular weight excluding hydrogens is 268 g/mol. The number of imidazole rings is 1. The topological polar surface area (TPSA) is 87.8 Å². The minimum absolute atomic E-state index is 0.512. The Morgan fingerprint density at radius 3 is 3.00 bits per heavy atom. The molecule has 7 heteroatoms. The van der Waals surface area contributed by atoms with Crippen molar-refractivity contribution in [2.45, 2.75) is 6.92 Å². The van der Waals surface area contributed by atoms with Gasteiger partial charge in [-0.1, -0.05) is 6.07 Å². The van der Waals surface area contributed by atoms with Gasteiger partial charge in [-0.05, 0) is 19.1 Å². The van der Waals surface area contributed by atoms with E-state index >= 15 is 0 Å². The molecule has 3 aromatic rings. The van der Waals surface area contributed by atoms with Gasteiger partial charge in [0.2, 0.25) is 5.95 Å². The number of nitrogens with one attached hydrogen (secondary N) is 3. The summed E-state index contributed by atoms with van der Waals surface area (Å²) in [6.07, 6.45) is 1.60. The van der Waals surface area contributed by atoms with Gasteiger partial charge in [-0.15, -0.1) is 0 Å². The van der Waals surface area contributed by atoms with E-state index in [0.29, 0.717) is 24.0 Å². The zero-order chi connectivity index (χ0) is 14.7. The fourth-order valence-corrected chi connectivity index (χ4v) is 2.00. The van der Waals surface area contributed by atoms with Gasteiger partial charge >= 0.3 is 0 Å². The predicted molar refractivity (Wildman–Crippen MR) is 82.1 cm³/mol. The van der Waals surface area contributed by atoms with E-state index in [-0.39, 0.29) is 0 Å². The first-order valence-electron chi connectivity index (χ1n) is 6.69. The fraction of sp³-hybridized carbons (Fsp3) is 0.214. The van der Waals surface area contributed by atoms with Gasteiger partial charge in [0.05, 0.1) is 12.9 Å². The van der Waals surface area contributed by atoms with Crippen LogP contribution in [-0.4, -0.2) is 33.6 Å². The second-order valence-corrected chi connectivity index (χ2v) is 4.33. The molecule has 0 saturated carbocycles. The van der Waals surface area contributed by atoms with Gasteiger partial charge in [0.15, 0.2) is 11.5 Å². The van der Waals surface area contributed by atoms with Gasteiger partial charge in [0, 0.05) is 18.8 Å². The van der Waals surface area contributed by atoms with E-state index < -0.39 is 0 Å². The van der Waals surface area contributed by atoms with Gasteiger partial charge in [0.25, 0.3) is 0 Å². The summed E-state index contributed by atoms with van der Waals surface area (Å²) in [4.78, 5) is 15.9. The van der Waals surface area contributed by atoms with E-state index in [1.807, 2.05) is 31.2 Å². The molecule has 0 radical (unpaired) electrons.